The zero-order valence-corrected chi connectivity index (χ0v) is 31.9. The Labute approximate surface area is 307 Å². The zero-order valence-electron chi connectivity index (χ0n) is 31.9. The average Bonchev–Trinajstić information content (AvgIpc) is 3.12. The van der Waals surface area contributed by atoms with Crippen LogP contribution in [-0.2, 0) is 19.1 Å². The Morgan fingerprint density at radius 3 is 1.26 bits per heavy atom. The van der Waals surface area contributed by atoms with Crippen molar-refractivity contribution in [3.8, 4) is 0 Å². The molecule has 282 valence electrons. The molecule has 0 amide bonds. The van der Waals surface area contributed by atoms with E-state index in [-0.39, 0.29) is 25.6 Å². The van der Waals surface area contributed by atoms with Crippen LogP contribution in [0.25, 0.3) is 0 Å². The second kappa shape index (κ2) is 40.3. The van der Waals surface area contributed by atoms with Gasteiger partial charge in [-0.1, -0.05) is 150 Å². The fourth-order valence-electron chi connectivity index (χ4n) is 4.84. The van der Waals surface area contributed by atoms with Crippen LogP contribution in [0.1, 0.15) is 155 Å². The molecule has 0 aromatic heterocycles. The summed E-state index contributed by atoms with van der Waals surface area (Å²) in [7, 11) is 0. The van der Waals surface area contributed by atoms with Crippen LogP contribution in [-0.4, -0.2) is 36.4 Å². The first-order valence-corrected chi connectivity index (χ1v) is 19.8. The zero-order chi connectivity index (χ0) is 36.4. The predicted octanol–water partition coefficient (Wildman–Crippen LogP) is 12.5. The number of unbranched alkanes of at least 4 members (excludes halogenated alkanes) is 10. The minimum absolute atomic E-state index is 0.114. The van der Waals surface area contributed by atoms with Gasteiger partial charge in [0, 0.05) is 12.8 Å². The van der Waals surface area contributed by atoms with Gasteiger partial charge in [0.1, 0.15) is 6.61 Å². The number of esters is 2. The van der Waals surface area contributed by atoms with E-state index in [0.29, 0.717) is 12.8 Å². The van der Waals surface area contributed by atoms with E-state index in [1.807, 2.05) is 12.2 Å². The molecule has 0 aliphatic heterocycles. The number of rotatable bonds is 34. The van der Waals surface area contributed by atoms with Gasteiger partial charge >= 0.3 is 11.9 Å². The molecule has 0 aromatic rings. The average molecular weight is 693 g/mol. The molecule has 0 heterocycles. The van der Waals surface area contributed by atoms with Gasteiger partial charge in [-0.15, -0.1) is 0 Å². The van der Waals surface area contributed by atoms with Gasteiger partial charge < -0.3 is 14.6 Å². The number of ether oxygens (including phenoxy) is 2. The Morgan fingerprint density at radius 1 is 0.460 bits per heavy atom. The van der Waals surface area contributed by atoms with Crippen molar-refractivity contribution in [1.29, 1.82) is 0 Å². The molecule has 1 N–H and O–H groups in total. The molecule has 50 heavy (non-hydrogen) atoms. The van der Waals surface area contributed by atoms with Gasteiger partial charge in [-0.05, 0) is 89.9 Å². The molecule has 0 spiro atoms. The smallest absolute Gasteiger partial charge is 0.306 e. The highest BCUT2D eigenvalue weighted by Crippen LogP contribution is 2.09. The minimum Gasteiger partial charge on any atom is -0.462 e. The summed E-state index contributed by atoms with van der Waals surface area (Å²) in [5.74, 6) is -0.723. The molecule has 0 radical (unpaired) electrons. The molecule has 0 unspecified atom stereocenters. The van der Waals surface area contributed by atoms with Crippen molar-refractivity contribution in [3.63, 3.8) is 0 Å². The van der Waals surface area contributed by atoms with E-state index in [2.05, 4.69) is 98.9 Å². The lowest BCUT2D eigenvalue weighted by atomic mass is 10.1. The predicted molar refractivity (Wildman–Crippen MR) is 214 cm³/mol. The number of aliphatic hydroxyl groups excluding tert-OH is 1. The topological polar surface area (TPSA) is 72.8 Å². The molecule has 0 saturated carbocycles. The van der Waals surface area contributed by atoms with Crippen LogP contribution in [0, 0.1) is 0 Å². The van der Waals surface area contributed by atoms with Crippen molar-refractivity contribution < 1.29 is 24.2 Å². The second-order valence-corrected chi connectivity index (χ2v) is 12.6. The van der Waals surface area contributed by atoms with E-state index < -0.39 is 12.1 Å². The summed E-state index contributed by atoms with van der Waals surface area (Å²) in [4.78, 5) is 24.2. The molecule has 5 heteroatoms. The third kappa shape index (κ3) is 37.6. The van der Waals surface area contributed by atoms with E-state index in [1.165, 1.54) is 51.4 Å². The van der Waals surface area contributed by atoms with Crippen LogP contribution < -0.4 is 0 Å². The van der Waals surface area contributed by atoms with Gasteiger partial charge in [-0.2, -0.15) is 0 Å². The van der Waals surface area contributed by atoms with Crippen molar-refractivity contribution in [1.82, 2.24) is 0 Å². The Bertz CT molecular complexity index is 1010. The molecule has 0 rings (SSSR count). The fraction of sp³-hybridized carbons (Fsp3) is 0.600. The number of allylic oxidation sites excluding steroid dienone is 16. The van der Waals surface area contributed by atoms with E-state index in [4.69, 9.17) is 9.47 Å². The maximum Gasteiger partial charge on any atom is 0.306 e. The van der Waals surface area contributed by atoms with Crippen molar-refractivity contribution in [2.75, 3.05) is 13.2 Å². The van der Waals surface area contributed by atoms with E-state index in [0.717, 1.165) is 70.6 Å². The van der Waals surface area contributed by atoms with Crippen LogP contribution in [0.4, 0.5) is 0 Å². The largest absolute Gasteiger partial charge is 0.462 e. The molecule has 0 aliphatic rings. The molecule has 1 atom stereocenters. The number of hydrogen-bond donors (Lipinski definition) is 1. The number of carbonyl (C=O) groups excluding carboxylic acids is 2. The Kier molecular flexibility index (Phi) is 37.7. The standard InChI is InChI=1S/C45H72O5/c1-3-5-7-9-11-13-15-17-19-21-22-24-26-28-30-32-34-36-38-40-45(48)50-43(41-46)42-49-44(47)39-37-35-33-31-29-27-25-23-20-18-16-14-12-10-8-6-4-2/h11-14,17-20,22,24-25,27-28,30,34,36,43,46H,3-10,15-16,21,23,26,29,31-33,35,37-42H2,1-2H3/t43-/m0/s1. The van der Waals surface area contributed by atoms with Crippen LogP contribution in [0.3, 0.4) is 0 Å². The lowest BCUT2D eigenvalue weighted by Gasteiger charge is -2.15. The Balaban J connectivity index is 3.77. The first kappa shape index (κ1) is 46.8. The van der Waals surface area contributed by atoms with E-state index >= 15 is 0 Å². The second-order valence-electron chi connectivity index (χ2n) is 12.6. The lowest BCUT2D eigenvalue weighted by Crippen LogP contribution is -2.28. The van der Waals surface area contributed by atoms with Crippen molar-refractivity contribution in [2.45, 2.75) is 161 Å². The van der Waals surface area contributed by atoms with E-state index in [1.54, 1.807) is 0 Å². The van der Waals surface area contributed by atoms with Gasteiger partial charge in [0.25, 0.3) is 0 Å². The number of aliphatic hydroxyl groups is 1. The summed E-state index contributed by atoms with van der Waals surface area (Å²) < 4.78 is 10.5. The van der Waals surface area contributed by atoms with Crippen LogP contribution >= 0.6 is 0 Å². The van der Waals surface area contributed by atoms with Gasteiger partial charge in [0.15, 0.2) is 6.10 Å². The number of carbonyl (C=O) groups is 2. The first-order chi connectivity index (χ1) is 24.6. The molecular formula is C45H72O5. The highest BCUT2D eigenvalue weighted by Gasteiger charge is 2.15. The Morgan fingerprint density at radius 2 is 0.840 bits per heavy atom. The minimum atomic E-state index is -0.826. The highest BCUT2D eigenvalue weighted by atomic mass is 16.6. The Hall–Kier alpha value is -3.18. The summed E-state index contributed by atoms with van der Waals surface area (Å²) in [6.07, 6.45) is 56.1. The molecule has 0 bridgehead atoms. The maximum atomic E-state index is 12.1. The van der Waals surface area contributed by atoms with Gasteiger partial charge in [0.05, 0.1) is 6.61 Å². The summed E-state index contributed by atoms with van der Waals surface area (Å²) in [6.45, 7) is 3.98. The van der Waals surface area contributed by atoms with Crippen molar-refractivity contribution in [3.05, 3.63) is 97.2 Å². The normalized spacial score (nSPS) is 13.3. The van der Waals surface area contributed by atoms with Gasteiger partial charge in [0.2, 0.25) is 0 Å². The van der Waals surface area contributed by atoms with Crippen molar-refractivity contribution in [2.24, 2.45) is 0 Å². The van der Waals surface area contributed by atoms with Crippen LogP contribution in [0.5, 0.6) is 0 Å². The number of hydrogen-bond acceptors (Lipinski definition) is 5. The van der Waals surface area contributed by atoms with Crippen molar-refractivity contribution >= 4 is 11.9 Å². The molecule has 0 aromatic carbocycles. The fourth-order valence-corrected chi connectivity index (χ4v) is 4.84. The maximum absolute atomic E-state index is 12.1. The van der Waals surface area contributed by atoms with E-state index in [9.17, 15) is 14.7 Å². The molecular weight excluding hydrogens is 620 g/mol. The van der Waals surface area contributed by atoms with Gasteiger partial charge in [-0.25, -0.2) is 0 Å². The summed E-state index contributed by atoms with van der Waals surface area (Å²) in [5.41, 5.74) is 0. The molecule has 5 nitrogen and oxygen atoms in total. The highest BCUT2D eigenvalue weighted by molar-refractivity contribution is 5.70. The molecule has 0 aliphatic carbocycles. The van der Waals surface area contributed by atoms with Gasteiger partial charge in [-0.3, -0.25) is 9.59 Å². The van der Waals surface area contributed by atoms with Crippen LogP contribution in [0.15, 0.2) is 97.2 Å². The first-order valence-electron chi connectivity index (χ1n) is 19.8. The third-order valence-corrected chi connectivity index (χ3v) is 7.86. The summed E-state index contributed by atoms with van der Waals surface area (Å²) in [5, 5.41) is 9.54. The lowest BCUT2D eigenvalue weighted by molar-refractivity contribution is -0.161. The summed E-state index contributed by atoms with van der Waals surface area (Å²) in [6, 6.07) is 0. The molecule has 0 fully saturated rings. The SMILES string of the molecule is CCCCCC=CCC=CCC=CCC=CCC=CCCC(=O)O[C@@H](CO)COC(=O)CCCCCCC=CCC=CCC=CCCCCC. The monoisotopic (exact) mass is 693 g/mol. The molecule has 0 saturated heterocycles. The summed E-state index contributed by atoms with van der Waals surface area (Å²) >= 11 is 0. The third-order valence-electron chi connectivity index (χ3n) is 7.86. The quantitative estimate of drug-likeness (QED) is 0.0413. The van der Waals surface area contributed by atoms with Crippen LogP contribution in [0.2, 0.25) is 0 Å².